The van der Waals surface area contributed by atoms with Crippen molar-refractivity contribution < 1.29 is 4.79 Å². The van der Waals surface area contributed by atoms with Gasteiger partial charge in [0.15, 0.2) is 0 Å². The van der Waals surface area contributed by atoms with Gasteiger partial charge in [-0.15, -0.1) is 0 Å². The van der Waals surface area contributed by atoms with Crippen molar-refractivity contribution in [3.63, 3.8) is 0 Å². The van der Waals surface area contributed by atoms with E-state index in [0.717, 1.165) is 0 Å². The maximum atomic E-state index is 10.7. The summed E-state index contributed by atoms with van der Waals surface area (Å²) in [6.45, 7) is 6.47. The summed E-state index contributed by atoms with van der Waals surface area (Å²) in [4.78, 5) is 10.7. The summed E-state index contributed by atoms with van der Waals surface area (Å²) in [6, 6.07) is 8.44. The van der Waals surface area contributed by atoms with Crippen LogP contribution in [0.25, 0.3) is 6.08 Å². The molecule has 1 N–H and O–H groups in total. The minimum absolute atomic E-state index is 0.000538. The number of hydrogen-bond acceptors (Lipinski definition) is 1. The monoisotopic (exact) mass is 217 g/mol. The smallest absolute Gasteiger partial charge is 0.217 e. The highest BCUT2D eigenvalue weighted by atomic mass is 16.1. The lowest BCUT2D eigenvalue weighted by molar-refractivity contribution is -0.118. The Balaban J connectivity index is 2.59. The molecular formula is C14H19NO. The SMILES string of the molecule is CC(=O)NCC=Cc1cccc(C(C)C)c1. The van der Waals surface area contributed by atoms with Crippen LogP contribution in [-0.2, 0) is 4.79 Å². The molecule has 0 aromatic heterocycles. The molecule has 0 heterocycles. The zero-order valence-electron chi connectivity index (χ0n) is 10.2. The average Bonchev–Trinajstić information content (AvgIpc) is 2.24. The summed E-state index contributed by atoms with van der Waals surface area (Å²) in [5, 5.41) is 2.73. The second-order valence-corrected chi connectivity index (χ2v) is 4.16. The predicted octanol–water partition coefficient (Wildman–Crippen LogP) is 2.96. The van der Waals surface area contributed by atoms with Crippen LogP contribution in [0.4, 0.5) is 0 Å². The predicted molar refractivity (Wildman–Crippen MR) is 68.2 cm³/mol. The third-order valence-electron chi connectivity index (χ3n) is 2.36. The van der Waals surface area contributed by atoms with Gasteiger partial charge in [-0.05, 0) is 17.0 Å². The quantitative estimate of drug-likeness (QED) is 0.825. The summed E-state index contributed by atoms with van der Waals surface area (Å²) in [5.41, 5.74) is 2.51. The first-order valence-corrected chi connectivity index (χ1v) is 5.60. The second-order valence-electron chi connectivity index (χ2n) is 4.16. The van der Waals surface area contributed by atoms with Gasteiger partial charge in [0.1, 0.15) is 0 Å². The summed E-state index contributed by atoms with van der Waals surface area (Å²) in [6.07, 6.45) is 3.99. The molecule has 0 bridgehead atoms. The molecule has 1 aromatic carbocycles. The lowest BCUT2D eigenvalue weighted by Crippen LogP contribution is -2.19. The third-order valence-corrected chi connectivity index (χ3v) is 2.36. The molecule has 0 saturated carbocycles. The van der Waals surface area contributed by atoms with E-state index in [9.17, 15) is 4.79 Å². The van der Waals surface area contributed by atoms with Gasteiger partial charge in [-0.3, -0.25) is 4.79 Å². The normalized spacial score (nSPS) is 11.0. The molecule has 1 amide bonds. The fourth-order valence-electron chi connectivity index (χ4n) is 1.42. The zero-order valence-corrected chi connectivity index (χ0v) is 10.2. The maximum absolute atomic E-state index is 10.7. The molecule has 0 aliphatic rings. The highest BCUT2D eigenvalue weighted by molar-refractivity contribution is 5.73. The average molecular weight is 217 g/mol. The van der Waals surface area contributed by atoms with Crippen molar-refractivity contribution in [2.45, 2.75) is 26.7 Å². The Morgan fingerprint density at radius 1 is 1.44 bits per heavy atom. The molecule has 0 saturated heterocycles. The van der Waals surface area contributed by atoms with Crippen LogP contribution in [0.5, 0.6) is 0 Å². The fraction of sp³-hybridized carbons (Fsp3) is 0.357. The van der Waals surface area contributed by atoms with Crippen LogP contribution >= 0.6 is 0 Å². The van der Waals surface area contributed by atoms with Gasteiger partial charge in [0.2, 0.25) is 5.91 Å². The number of benzene rings is 1. The first kappa shape index (κ1) is 12.5. The summed E-state index contributed by atoms with van der Waals surface area (Å²) in [5.74, 6) is 0.546. The van der Waals surface area contributed by atoms with E-state index in [4.69, 9.17) is 0 Å². The molecule has 16 heavy (non-hydrogen) atoms. The van der Waals surface area contributed by atoms with Gasteiger partial charge in [0, 0.05) is 13.5 Å². The highest BCUT2D eigenvalue weighted by Crippen LogP contribution is 2.16. The van der Waals surface area contributed by atoms with Crippen LogP contribution in [-0.4, -0.2) is 12.5 Å². The highest BCUT2D eigenvalue weighted by Gasteiger charge is 1.97. The van der Waals surface area contributed by atoms with Crippen molar-refractivity contribution in [3.8, 4) is 0 Å². The second kappa shape index (κ2) is 6.11. The number of amides is 1. The van der Waals surface area contributed by atoms with Gasteiger partial charge in [0.05, 0.1) is 0 Å². The topological polar surface area (TPSA) is 29.1 Å². The Labute approximate surface area is 97.4 Å². The molecule has 1 aromatic rings. The number of carbonyl (C=O) groups excluding carboxylic acids is 1. The minimum atomic E-state index is 0.000538. The van der Waals surface area contributed by atoms with Gasteiger partial charge in [-0.25, -0.2) is 0 Å². The van der Waals surface area contributed by atoms with Gasteiger partial charge < -0.3 is 5.32 Å². The molecule has 86 valence electrons. The third kappa shape index (κ3) is 4.30. The molecule has 2 heteroatoms. The van der Waals surface area contributed by atoms with Gasteiger partial charge in [-0.2, -0.15) is 0 Å². The molecular weight excluding hydrogens is 198 g/mol. The Bertz CT molecular complexity index is 380. The molecule has 1 rings (SSSR count). The van der Waals surface area contributed by atoms with Gasteiger partial charge >= 0.3 is 0 Å². The van der Waals surface area contributed by atoms with Gasteiger partial charge in [-0.1, -0.05) is 50.3 Å². The van der Waals surface area contributed by atoms with E-state index in [1.54, 1.807) is 0 Å². The van der Waals surface area contributed by atoms with Crippen LogP contribution in [0, 0.1) is 0 Å². The van der Waals surface area contributed by atoms with Crippen molar-refractivity contribution in [2.75, 3.05) is 6.54 Å². The molecule has 0 atom stereocenters. The summed E-state index contributed by atoms with van der Waals surface area (Å²) >= 11 is 0. The fourth-order valence-corrected chi connectivity index (χ4v) is 1.42. The molecule has 0 fully saturated rings. The standard InChI is InChI=1S/C14H19NO/c1-11(2)14-8-4-6-13(10-14)7-5-9-15-12(3)16/h4-8,10-11H,9H2,1-3H3,(H,15,16). The van der Waals surface area contributed by atoms with Crippen LogP contribution in [0.15, 0.2) is 30.3 Å². The largest absolute Gasteiger partial charge is 0.353 e. The minimum Gasteiger partial charge on any atom is -0.353 e. The van der Waals surface area contributed by atoms with Crippen LogP contribution in [0.3, 0.4) is 0 Å². The van der Waals surface area contributed by atoms with Crippen molar-refractivity contribution in [2.24, 2.45) is 0 Å². The van der Waals surface area contributed by atoms with Crippen molar-refractivity contribution >= 4 is 12.0 Å². The van der Waals surface area contributed by atoms with E-state index in [-0.39, 0.29) is 5.91 Å². The van der Waals surface area contributed by atoms with E-state index in [1.807, 2.05) is 12.2 Å². The van der Waals surface area contributed by atoms with E-state index in [1.165, 1.54) is 18.1 Å². The van der Waals surface area contributed by atoms with E-state index in [2.05, 4.69) is 43.4 Å². The van der Waals surface area contributed by atoms with Crippen LogP contribution in [0.2, 0.25) is 0 Å². The molecule has 2 nitrogen and oxygen atoms in total. The van der Waals surface area contributed by atoms with Crippen LogP contribution in [0.1, 0.15) is 37.8 Å². The Morgan fingerprint density at radius 2 is 2.19 bits per heavy atom. The molecule has 0 aliphatic heterocycles. The first-order chi connectivity index (χ1) is 7.59. The lowest BCUT2D eigenvalue weighted by atomic mass is 10.0. The number of nitrogens with one attached hydrogen (secondary N) is 1. The number of rotatable bonds is 4. The zero-order chi connectivity index (χ0) is 12.0. The van der Waals surface area contributed by atoms with Crippen molar-refractivity contribution in [1.82, 2.24) is 5.32 Å². The van der Waals surface area contributed by atoms with E-state index < -0.39 is 0 Å². The Hall–Kier alpha value is -1.57. The first-order valence-electron chi connectivity index (χ1n) is 5.60. The number of carbonyl (C=O) groups is 1. The molecule has 0 unspecified atom stereocenters. The maximum Gasteiger partial charge on any atom is 0.217 e. The lowest BCUT2D eigenvalue weighted by Gasteiger charge is -2.05. The van der Waals surface area contributed by atoms with E-state index in [0.29, 0.717) is 12.5 Å². The Kier molecular flexibility index (Phi) is 4.77. The van der Waals surface area contributed by atoms with Crippen LogP contribution < -0.4 is 5.32 Å². The van der Waals surface area contributed by atoms with Crippen molar-refractivity contribution in [3.05, 3.63) is 41.5 Å². The van der Waals surface area contributed by atoms with Gasteiger partial charge in [0.25, 0.3) is 0 Å². The molecule has 0 spiro atoms. The van der Waals surface area contributed by atoms with E-state index >= 15 is 0 Å². The number of hydrogen-bond donors (Lipinski definition) is 1. The molecule has 0 radical (unpaired) electrons. The Morgan fingerprint density at radius 3 is 2.81 bits per heavy atom. The summed E-state index contributed by atoms with van der Waals surface area (Å²) < 4.78 is 0. The molecule has 0 aliphatic carbocycles. The van der Waals surface area contributed by atoms with Crippen molar-refractivity contribution in [1.29, 1.82) is 0 Å². The summed E-state index contributed by atoms with van der Waals surface area (Å²) in [7, 11) is 0.